The van der Waals surface area contributed by atoms with E-state index in [4.69, 9.17) is 14.9 Å². The molecule has 0 radical (unpaired) electrons. The van der Waals surface area contributed by atoms with Gasteiger partial charge >= 0.3 is 0 Å². The molecule has 1 atom stereocenters. The van der Waals surface area contributed by atoms with Gasteiger partial charge in [0.2, 0.25) is 10.0 Å². The molecular formula is C19H24N4O3S2. The van der Waals surface area contributed by atoms with Gasteiger partial charge in [-0.05, 0) is 51.1 Å². The van der Waals surface area contributed by atoms with Crippen LogP contribution in [0.25, 0.3) is 16.9 Å². The van der Waals surface area contributed by atoms with Crippen molar-refractivity contribution in [2.75, 3.05) is 19.0 Å². The van der Waals surface area contributed by atoms with Crippen LogP contribution in [-0.2, 0) is 14.8 Å². The minimum Gasteiger partial charge on any atom is -0.383 e. The van der Waals surface area contributed by atoms with E-state index >= 15 is 0 Å². The van der Waals surface area contributed by atoms with E-state index in [1.165, 1.54) is 12.1 Å². The lowest BCUT2D eigenvalue weighted by Gasteiger charge is -2.11. The number of primary sulfonamides is 1. The average molecular weight is 421 g/mol. The quantitative estimate of drug-likeness (QED) is 0.611. The van der Waals surface area contributed by atoms with Gasteiger partial charge in [-0.3, -0.25) is 0 Å². The maximum absolute atomic E-state index is 11.5. The van der Waals surface area contributed by atoms with Crippen molar-refractivity contribution in [1.29, 1.82) is 0 Å². The highest BCUT2D eigenvalue weighted by molar-refractivity contribution is 7.89. The summed E-state index contributed by atoms with van der Waals surface area (Å²) in [6.07, 6.45) is 0. The van der Waals surface area contributed by atoms with E-state index in [1.54, 1.807) is 30.6 Å². The van der Waals surface area contributed by atoms with E-state index in [9.17, 15) is 8.42 Å². The molecule has 9 heteroatoms. The van der Waals surface area contributed by atoms with Gasteiger partial charge in [0.15, 0.2) is 5.13 Å². The van der Waals surface area contributed by atoms with Gasteiger partial charge in [-0.2, -0.15) is 0 Å². The summed E-state index contributed by atoms with van der Waals surface area (Å²) in [5.74, 6) is 0. The number of methoxy groups -OCH3 is 1. The van der Waals surface area contributed by atoms with Crippen LogP contribution < -0.4 is 10.5 Å². The first kappa shape index (κ1) is 20.5. The van der Waals surface area contributed by atoms with Crippen LogP contribution >= 0.6 is 11.3 Å². The Hall–Kier alpha value is -2.20. The van der Waals surface area contributed by atoms with E-state index in [2.05, 4.69) is 16.0 Å². The second-order valence-electron chi connectivity index (χ2n) is 6.70. The van der Waals surface area contributed by atoms with E-state index in [0.717, 1.165) is 33.5 Å². The Morgan fingerprint density at radius 3 is 2.57 bits per heavy atom. The zero-order valence-corrected chi connectivity index (χ0v) is 17.9. The molecule has 2 heterocycles. The lowest BCUT2D eigenvalue weighted by atomic mass is 10.2. The van der Waals surface area contributed by atoms with Crippen molar-refractivity contribution in [1.82, 2.24) is 9.55 Å². The molecule has 0 aliphatic rings. The smallest absolute Gasteiger partial charge is 0.238 e. The number of thiazole rings is 1. The summed E-state index contributed by atoms with van der Waals surface area (Å²) in [4.78, 5) is 4.80. The second kappa shape index (κ2) is 8.04. The zero-order valence-electron chi connectivity index (χ0n) is 16.3. The van der Waals surface area contributed by atoms with Gasteiger partial charge in [0, 0.05) is 41.2 Å². The molecule has 2 aromatic heterocycles. The van der Waals surface area contributed by atoms with Crippen LogP contribution in [0.3, 0.4) is 0 Å². The number of benzene rings is 1. The summed E-state index contributed by atoms with van der Waals surface area (Å²) in [6.45, 7) is 6.69. The molecule has 150 valence electrons. The van der Waals surface area contributed by atoms with Gasteiger partial charge in [-0.25, -0.2) is 18.5 Å². The highest BCUT2D eigenvalue weighted by Gasteiger charge is 2.16. The predicted octanol–water partition coefficient (Wildman–Crippen LogP) is 3.31. The molecule has 0 saturated heterocycles. The van der Waals surface area contributed by atoms with Crippen LogP contribution in [0.15, 0.2) is 40.6 Å². The Bertz CT molecular complexity index is 1070. The zero-order chi connectivity index (χ0) is 20.5. The molecule has 0 aliphatic carbocycles. The van der Waals surface area contributed by atoms with Gasteiger partial charge in [0.1, 0.15) is 0 Å². The van der Waals surface area contributed by atoms with Crippen molar-refractivity contribution in [3.63, 3.8) is 0 Å². The van der Waals surface area contributed by atoms with Gasteiger partial charge in [0.25, 0.3) is 0 Å². The lowest BCUT2D eigenvalue weighted by molar-refractivity contribution is 0.190. The number of hydrogen-bond acceptors (Lipinski definition) is 6. The molecule has 0 amide bonds. The number of nitrogens with one attached hydrogen (secondary N) is 1. The summed E-state index contributed by atoms with van der Waals surface area (Å²) in [7, 11) is -2.03. The molecule has 0 unspecified atom stereocenters. The third kappa shape index (κ3) is 4.27. The van der Waals surface area contributed by atoms with E-state index in [1.807, 2.05) is 26.2 Å². The minimum absolute atomic E-state index is 0.0966. The maximum Gasteiger partial charge on any atom is 0.238 e. The van der Waals surface area contributed by atoms with Crippen molar-refractivity contribution < 1.29 is 13.2 Å². The number of nitrogens with two attached hydrogens (primary N) is 1. The highest BCUT2D eigenvalue weighted by Crippen LogP contribution is 2.32. The Morgan fingerprint density at radius 2 is 1.96 bits per heavy atom. The number of anilines is 1. The molecule has 3 N–H and O–H groups in total. The van der Waals surface area contributed by atoms with Crippen LogP contribution in [0.2, 0.25) is 0 Å². The van der Waals surface area contributed by atoms with Crippen LogP contribution in [0.5, 0.6) is 0 Å². The first-order chi connectivity index (χ1) is 13.2. The average Bonchev–Trinajstić information content (AvgIpc) is 3.18. The summed E-state index contributed by atoms with van der Waals surface area (Å²) in [5.41, 5.74) is 4.87. The highest BCUT2D eigenvalue weighted by atomic mass is 32.2. The fraction of sp³-hybridized carbons (Fsp3) is 0.316. The number of aromatic nitrogens is 2. The third-order valence-electron chi connectivity index (χ3n) is 4.42. The molecule has 0 bridgehead atoms. The largest absolute Gasteiger partial charge is 0.383 e. The molecule has 0 aliphatic heterocycles. The molecule has 0 spiro atoms. The van der Waals surface area contributed by atoms with E-state index in [0.29, 0.717) is 6.61 Å². The van der Waals surface area contributed by atoms with Crippen LogP contribution in [-0.4, -0.2) is 37.7 Å². The predicted molar refractivity (Wildman–Crippen MR) is 113 cm³/mol. The fourth-order valence-electron chi connectivity index (χ4n) is 3.17. The van der Waals surface area contributed by atoms with Crippen molar-refractivity contribution in [3.8, 4) is 16.9 Å². The molecular weight excluding hydrogens is 396 g/mol. The molecule has 1 aromatic carbocycles. The monoisotopic (exact) mass is 420 g/mol. The number of aryl methyl sites for hydroxylation is 1. The Morgan fingerprint density at radius 1 is 1.29 bits per heavy atom. The molecule has 3 aromatic rings. The summed E-state index contributed by atoms with van der Waals surface area (Å²) in [5, 5.41) is 11.4. The van der Waals surface area contributed by atoms with Crippen molar-refractivity contribution in [3.05, 3.63) is 47.1 Å². The molecule has 7 nitrogen and oxygen atoms in total. The SMILES string of the molecule is COC[C@H](C)Nc1nc(-c2cc(C)n(-c3ccc(S(N)(=O)=O)cc3)c2C)cs1. The number of sulfonamides is 1. The number of nitrogens with zero attached hydrogens (tertiary/aromatic N) is 2. The maximum atomic E-state index is 11.5. The van der Waals surface area contributed by atoms with Gasteiger partial charge in [-0.1, -0.05) is 0 Å². The molecule has 0 fully saturated rings. The first-order valence-electron chi connectivity index (χ1n) is 8.74. The molecule has 28 heavy (non-hydrogen) atoms. The Labute approximate surface area is 169 Å². The number of rotatable bonds is 7. The second-order valence-corrected chi connectivity index (χ2v) is 9.12. The minimum atomic E-state index is -3.71. The third-order valence-corrected chi connectivity index (χ3v) is 6.12. The van der Waals surface area contributed by atoms with Crippen LogP contribution in [0.1, 0.15) is 18.3 Å². The van der Waals surface area contributed by atoms with E-state index < -0.39 is 10.0 Å². The summed E-state index contributed by atoms with van der Waals surface area (Å²) < 4.78 is 30.2. The van der Waals surface area contributed by atoms with Gasteiger partial charge in [-0.15, -0.1) is 11.3 Å². The van der Waals surface area contributed by atoms with Crippen LogP contribution in [0, 0.1) is 13.8 Å². The van der Waals surface area contributed by atoms with Crippen molar-refractivity contribution >= 4 is 26.5 Å². The first-order valence-corrected chi connectivity index (χ1v) is 11.2. The van der Waals surface area contributed by atoms with Gasteiger partial charge < -0.3 is 14.6 Å². The topological polar surface area (TPSA) is 99.2 Å². The van der Waals surface area contributed by atoms with Crippen LogP contribution in [0.4, 0.5) is 5.13 Å². The molecule has 3 rings (SSSR count). The number of ether oxygens (including phenoxy) is 1. The standard InChI is InChI=1S/C19H24N4O3S2/c1-12(10-26-4)21-19-22-18(11-27-19)17-9-13(2)23(14(17)3)15-5-7-16(8-6-15)28(20,24)25/h5-9,11-12H,10H2,1-4H3,(H,21,22)(H2,20,24,25)/t12-/m0/s1. The van der Waals surface area contributed by atoms with Crippen molar-refractivity contribution in [2.45, 2.75) is 31.7 Å². The Balaban J connectivity index is 1.91. The lowest BCUT2D eigenvalue weighted by Crippen LogP contribution is -2.20. The number of hydrogen-bond donors (Lipinski definition) is 2. The fourth-order valence-corrected chi connectivity index (χ4v) is 4.51. The normalized spacial score (nSPS) is 12.9. The molecule has 0 saturated carbocycles. The van der Waals surface area contributed by atoms with Crippen molar-refractivity contribution in [2.24, 2.45) is 5.14 Å². The van der Waals surface area contributed by atoms with E-state index in [-0.39, 0.29) is 10.9 Å². The Kier molecular flexibility index (Phi) is 5.90. The summed E-state index contributed by atoms with van der Waals surface area (Å²) in [6, 6.07) is 8.80. The summed E-state index contributed by atoms with van der Waals surface area (Å²) >= 11 is 1.56. The van der Waals surface area contributed by atoms with Gasteiger partial charge in [0.05, 0.1) is 17.2 Å².